The Morgan fingerprint density at radius 2 is 1.48 bits per heavy atom. The van der Waals surface area contributed by atoms with E-state index in [0.29, 0.717) is 5.56 Å². The molecule has 2 aromatic carbocycles. The van der Waals surface area contributed by atoms with Crippen molar-refractivity contribution in [2.45, 2.75) is 32.5 Å². The molecule has 3 rings (SSSR count). The van der Waals surface area contributed by atoms with Crippen molar-refractivity contribution in [3.8, 4) is 0 Å². The molecule has 0 radical (unpaired) electrons. The number of nitrogens with zero attached hydrogens (tertiary/aromatic N) is 1. The van der Waals surface area contributed by atoms with Gasteiger partial charge in [0.05, 0.1) is 6.04 Å². The second-order valence-corrected chi connectivity index (χ2v) is 6.55. The van der Waals surface area contributed by atoms with Gasteiger partial charge in [0.15, 0.2) is 0 Å². The highest BCUT2D eigenvalue weighted by Crippen LogP contribution is 2.32. The molecule has 1 saturated heterocycles. The SMILES string of the molecule is CC1CCN(C(c2ccc(F)cc2)c2ccc(CF)cc2)CC1. The van der Waals surface area contributed by atoms with Crippen molar-refractivity contribution in [3.05, 3.63) is 71.0 Å². The Hall–Kier alpha value is -1.74. The van der Waals surface area contributed by atoms with Crippen LogP contribution < -0.4 is 0 Å². The lowest BCUT2D eigenvalue weighted by molar-refractivity contribution is 0.157. The molecule has 1 aliphatic heterocycles. The van der Waals surface area contributed by atoms with Gasteiger partial charge >= 0.3 is 0 Å². The predicted octanol–water partition coefficient (Wildman–Crippen LogP) is 5.12. The first-order valence-electron chi connectivity index (χ1n) is 8.31. The van der Waals surface area contributed by atoms with Crippen LogP contribution in [0, 0.1) is 11.7 Å². The average molecular weight is 315 g/mol. The molecule has 1 heterocycles. The van der Waals surface area contributed by atoms with Crippen LogP contribution in [0.3, 0.4) is 0 Å². The maximum absolute atomic E-state index is 13.3. The van der Waals surface area contributed by atoms with Gasteiger partial charge in [-0.15, -0.1) is 0 Å². The van der Waals surface area contributed by atoms with Crippen LogP contribution in [0.2, 0.25) is 0 Å². The zero-order chi connectivity index (χ0) is 16.2. The summed E-state index contributed by atoms with van der Waals surface area (Å²) in [5, 5.41) is 0. The molecule has 0 aliphatic carbocycles. The first kappa shape index (κ1) is 16.1. The molecule has 0 amide bonds. The second kappa shape index (κ2) is 7.22. The van der Waals surface area contributed by atoms with Crippen LogP contribution in [0.1, 0.15) is 42.5 Å². The molecular weight excluding hydrogens is 292 g/mol. The van der Waals surface area contributed by atoms with Crippen molar-refractivity contribution >= 4 is 0 Å². The Morgan fingerprint density at radius 3 is 2.00 bits per heavy atom. The highest BCUT2D eigenvalue weighted by molar-refractivity contribution is 5.34. The largest absolute Gasteiger partial charge is 0.292 e. The highest BCUT2D eigenvalue weighted by Gasteiger charge is 2.26. The molecule has 122 valence electrons. The number of alkyl halides is 1. The number of piperidine rings is 1. The fourth-order valence-electron chi connectivity index (χ4n) is 3.33. The van der Waals surface area contributed by atoms with Gasteiger partial charge in [0, 0.05) is 0 Å². The third-order valence-electron chi connectivity index (χ3n) is 4.82. The van der Waals surface area contributed by atoms with Gasteiger partial charge in [0.1, 0.15) is 12.5 Å². The van der Waals surface area contributed by atoms with Crippen LogP contribution in [0.15, 0.2) is 48.5 Å². The summed E-state index contributed by atoms with van der Waals surface area (Å²) < 4.78 is 26.1. The molecule has 1 atom stereocenters. The molecule has 3 heteroatoms. The molecule has 0 saturated carbocycles. The van der Waals surface area contributed by atoms with Crippen LogP contribution >= 0.6 is 0 Å². The minimum atomic E-state index is -0.442. The molecule has 23 heavy (non-hydrogen) atoms. The van der Waals surface area contributed by atoms with Crippen molar-refractivity contribution in [1.29, 1.82) is 0 Å². The van der Waals surface area contributed by atoms with Crippen molar-refractivity contribution < 1.29 is 8.78 Å². The lowest BCUT2D eigenvalue weighted by Gasteiger charge is -2.37. The summed E-state index contributed by atoms with van der Waals surface area (Å²) in [4.78, 5) is 2.46. The zero-order valence-corrected chi connectivity index (χ0v) is 13.5. The van der Waals surface area contributed by atoms with Crippen molar-refractivity contribution in [1.82, 2.24) is 4.90 Å². The van der Waals surface area contributed by atoms with E-state index in [1.165, 1.54) is 25.0 Å². The third kappa shape index (κ3) is 3.78. The van der Waals surface area contributed by atoms with E-state index >= 15 is 0 Å². The van der Waals surface area contributed by atoms with E-state index < -0.39 is 6.67 Å². The molecule has 0 N–H and O–H groups in total. The van der Waals surface area contributed by atoms with E-state index in [4.69, 9.17) is 0 Å². The lowest BCUT2D eigenvalue weighted by atomic mass is 9.92. The molecule has 1 fully saturated rings. The standard InChI is InChI=1S/C20H23F2N/c1-15-10-12-23(13-11-15)20(18-6-8-19(22)9-7-18)17-4-2-16(14-21)3-5-17/h2-9,15,20H,10-14H2,1H3. The number of hydrogen-bond donors (Lipinski definition) is 0. The fraction of sp³-hybridized carbons (Fsp3) is 0.400. The number of rotatable bonds is 4. The summed E-state index contributed by atoms with van der Waals surface area (Å²) in [6.45, 7) is 3.92. The maximum atomic E-state index is 13.3. The zero-order valence-electron chi connectivity index (χ0n) is 13.5. The van der Waals surface area contributed by atoms with Gasteiger partial charge in [-0.3, -0.25) is 4.90 Å². The minimum absolute atomic E-state index is 0.108. The Labute approximate surface area is 136 Å². The van der Waals surface area contributed by atoms with E-state index in [1.807, 2.05) is 36.4 Å². The van der Waals surface area contributed by atoms with Gasteiger partial charge in [-0.25, -0.2) is 8.78 Å². The van der Waals surface area contributed by atoms with Gasteiger partial charge in [-0.1, -0.05) is 43.3 Å². The summed E-state index contributed by atoms with van der Waals surface area (Å²) >= 11 is 0. The molecular formula is C20H23F2N. The fourth-order valence-corrected chi connectivity index (χ4v) is 3.33. The third-order valence-corrected chi connectivity index (χ3v) is 4.82. The smallest absolute Gasteiger partial charge is 0.123 e. The van der Waals surface area contributed by atoms with Crippen molar-refractivity contribution in [2.75, 3.05) is 13.1 Å². The first-order valence-corrected chi connectivity index (χ1v) is 8.31. The predicted molar refractivity (Wildman–Crippen MR) is 89.5 cm³/mol. The number of likely N-dealkylation sites (tertiary alicyclic amines) is 1. The van der Waals surface area contributed by atoms with E-state index in [1.54, 1.807) is 0 Å². The molecule has 0 spiro atoms. The van der Waals surface area contributed by atoms with Gasteiger partial charge in [-0.05, 0) is 60.7 Å². The molecule has 1 unspecified atom stereocenters. The van der Waals surface area contributed by atoms with Crippen LogP contribution in [-0.4, -0.2) is 18.0 Å². The topological polar surface area (TPSA) is 3.24 Å². The molecule has 0 aromatic heterocycles. The summed E-state index contributed by atoms with van der Waals surface area (Å²) in [5.74, 6) is 0.543. The Bertz CT molecular complexity index is 613. The highest BCUT2D eigenvalue weighted by atomic mass is 19.1. The lowest BCUT2D eigenvalue weighted by Crippen LogP contribution is -2.36. The Balaban J connectivity index is 1.93. The summed E-state index contributed by atoms with van der Waals surface area (Å²) in [7, 11) is 0. The average Bonchev–Trinajstić information content (AvgIpc) is 2.59. The van der Waals surface area contributed by atoms with Crippen molar-refractivity contribution in [3.63, 3.8) is 0 Å². The Kier molecular flexibility index (Phi) is 5.06. The maximum Gasteiger partial charge on any atom is 0.123 e. The number of hydrogen-bond acceptors (Lipinski definition) is 1. The van der Waals surface area contributed by atoms with Gasteiger partial charge in [0.25, 0.3) is 0 Å². The van der Waals surface area contributed by atoms with Gasteiger partial charge < -0.3 is 0 Å². The van der Waals surface area contributed by atoms with Crippen LogP contribution in [0.5, 0.6) is 0 Å². The molecule has 1 aliphatic rings. The molecule has 1 nitrogen and oxygen atoms in total. The monoisotopic (exact) mass is 315 g/mol. The summed E-state index contributed by atoms with van der Waals surface area (Å²) in [5.41, 5.74) is 2.93. The summed E-state index contributed by atoms with van der Waals surface area (Å²) in [6.07, 6.45) is 2.36. The van der Waals surface area contributed by atoms with Crippen LogP contribution in [0.25, 0.3) is 0 Å². The Morgan fingerprint density at radius 1 is 0.957 bits per heavy atom. The summed E-state index contributed by atoms with van der Waals surface area (Å²) in [6, 6.07) is 14.6. The molecule has 0 bridgehead atoms. The van der Waals surface area contributed by atoms with E-state index in [2.05, 4.69) is 11.8 Å². The van der Waals surface area contributed by atoms with Gasteiger partial charge in [-0.2, -0.15) is 0 Å². The minimum Gasteiger partial charge on any atom is -0.292 e. The van der Waals surface area contributed by atoms with Crippen LogP contribution in [-0.2, 0) is 6.67 Å². The number of halogens is 2. The first-order chi connectivity index (χ1) is 11.2. The number of benzene rings is 2. The van der Waals surface area contributed by atoms with E-state index in [9.17, 15) is 8.78 Å². The quantitative estimate of drug-likeness (QED) is 0.757. The van der Waals surface area contributed by atoms with E-state index in [-0.39, 0.29) is 11.9 Å². The molecule has 2 aromatic rings. The van der Waals surface area contributed by atoms with E-state index in [0.717, 1.165) is 30.1 Å². The van der Waals surface area contributed by atoms with Gasteiger partial charge in [0.2, 0.25) is 0 Å². The van der Waals surface area contributed by atoms with Crippen molar-refractivity contribution in [2.24, 2.45) is 5.92 Å². The normalized spacial score (nSPS) is 18.0. The second-order valence-electron chi connectivity index (χ2n) is 6.55. The van der Waals surface area contributed by atoms with Crippen LogP contribution in [0.4, 0.5) is 8.78 Å².